The molecule has 0 saturated carbocycles. The molecule has 1 aromatic rings. The third-order valence-corrected chi connectivity index (χ3v) is 3.35. The lowest BCUT2D eigenvalue weighted by Crippen LogP contribution is -2.27. The summed E-state index contributed by atoms with van der Waals surface area (Å²) in [6, 6.07) is 9.53. The van der Waals surface area contributed by atoms with Crippen LogP contribution in [0.4, 0.5) is 0 Å². The van der Waals surface area contributed by atoms with Crippen LogP contribution in [0.1, 0.15) is 30.9 Å². The third-order valence-electron chi connectivity index (χ3n) is 3.35. The van der Waals surface area contributed by atoms with Crippen LogP contribution in [0, 0.1) is 0 Å². The van der Waals surface area contributed by atoms with Gasteiger partial charge in [-0.05, 0) is 5.56 Å². The minimum absolute atomic E-state index is 0.245. The van der Waals surface area contributed by atoms with Gasteiger partial charge in [-0.1, -0.05) is 30.3 Å². The zero-order valence-corrected chi connectivity index (χ0v) is 9.33. The van der Waals surface area contributed by atoms with Gasteiger partial charge in [0.2, 0.25) is 5.79 Å². The zero-order chi connectivity index (χ0) is 11.9. The van der Waals surface area contributed by atoms with E-state index in [1.54, 1.807) is 0 Å². The zero-order valence-electron chi connectivity index (χ0n) is 9.33. The molecule has 0 bridgehead atoms. The molecule has 3 rings (SSSR count). The molecule has 1 spiro atoms. The van der Waals surface area contributed by atoms with E-state index in [9.17, 15) is 9.90 Å². The predicted molar refractivity (Wildman–Crippen MR) is 58.9 cm³/mol. The molecule has 4 heteroatoms. The molecule has 2 aliphatic heterocycles. The second-order valence-electron chi connectivity index (χ2n) is 4.61. The summed E-state index contributed by atoms with van der Waals surface area (Å²) in [7, 11) is 0. The number of hydrogen-bond donors (Lipinski definition) is 1. The van der Waals surface area contributed by atoms with E-state index in [0.29, 0.717) is 19.3 Å². The first-order chi connectivity index (χ1) is 8.19. The molecular formula is C13H14O4. The van der Waals surface area contributed by atoms with Gasteiger partial charge in [-0.15, -0.1) is 0 Å². The number of aliphatic hydroxyl groups excluding tert-OH is 1. The molecule has 2 fully saturated rings. The van der Waals surface area contributed by atoms with Crippen LogP contribution in [-0.4, -0.2) is 23.0 Å². The Labute approximate surface area is 99.2 Å². The Hall–Kier alpha value is -1.39. The van der Waals surface area contributed by atoms with E-state index in [0.717, 1.165) is 5.56 Å². The molecule has 3 atom stereocenters. The van der Waals surface area contributed by atoms with Crippen molar-refractivity contribution in [3.63, 3.8) is 0 Å². The standard InChI is InChI=1S/C13H14O4/c14-10-8-13(7-6-11(15)16-13)17-12(10)9-4-2-1-3-5-9/h1-5,10,12,14H,6-8H2/t10-,12+,13-/m0/s1. The van der Waals surface area contributed by atoms with Gasteiger partial charge in [-0.25, -0.2) is 0 Å². The summed E-state index contributed by atoms with van der Waals surface area (Å²) in [5.41, 5.74) is 0.917. The Morgan fingerprint density at radius 3 is 2.71 bits per heavy atom. The largest absolute Gasteiger partial charge is 0.433 e. The van der Waals surface area contributed by atoms with E-state index in [-0.39, 0.29) is 5.97 Å². The summed E-state index contributed by atoms with van der Waals surface area (Å²) >= 11 is 0. The quantitative estimate of drug-likeness (QED) is 0.749. The summed E-state index contributed by atoms with van der Waals surface area (Å²) in [5, 5.41) is 10.0. The van der Waals surface area contributed by atoms with E-state index in [1.807, 2.05) is 30.3 Å². The molecule has 0 radical (unpaired) electrons. The molecule has 0 amide bonds. The second-order valence-corrected chi connectivity index (χ2v) is 4.61. The first-order valence-electron chi connectivity index (χ1n) is 5.81. The fourth-order valence-corrected chi connectivity index (χ4v) is 2.55. The fraction of sp³-hybridized carbons (Fsp3) is 0.462. The van der Waals surface area contributed by atoms with E-state index in [2.05, 4.69) is 0 Å². The summed E-state index contributed by atoms with van der Waals surface area (Å²) in [5.74, 6) is -1.14. The Morgan fingerprint density at radius 1 is 1.29 bits per heavy atom. The number of ether oxygens (including phenoxy) is 2. The van der Waals surface area contributed by atoms with E-state index in [1.165, 1.54) is 0 Å². The van der Waals surface area contributed by atoms with Crippen LogP contribution < -0.4 is 0 Å². The minimum atomic E-state index is -0.892. The van der Waals surface area contributed by atoms with Crippen LogP contribution in [-0.2, 0) is 14.3 Å². The average Bonchev–Trinajstić information content (AvgIpc) is 2.84. The number of carbonyl (C=O) groups is 1. The summed E-state index contributed by atoms with van der Waals surface area (Å²) in [6.07, 6.45) is 0.240. The fourth-order valence-electron chi connectivity index (χ4n) is 2.55. The molecule has 17 heavy (non-hydrogen) atoms. The number of hydrogen-bond acceptors (Lipinski definition) is 4. The number of rotatable bonds is 1. The van der Waals surface area contributed by atoms with E-state index >= 15 is 0 Å². The van der Waals surface area contributed by atoms with Crippen LogP contribution >= 0.6 is 0 Å². The van der Waals surface area contributed by atoms with Crippen LogP contribution in [0.5, 0.6) is 0 Å². The van der Waals surface area contributed by atoms with Gasteiger partial charge in [0.05, 0.1) is 12.5 Å². The molecule has 2 saturated heterocycles. The molecule has 2 aliphatic rings. The summed E-state index contributed by atoms with van der Waals surface area (Å²) in [6.45, 7) is 0. The first kappa shape index (κ1) is 10.7. The van der Waals surface area contributed by atoms with Crippen LogP contribution in [0.3, 0.4) is 0 Å². The highest BCUT2D eigenvalue weighted by atomic mass is 16.7. The first-order valence-corrected chi connectivity index (χ1v) is 5.81. The maximum Gasteiger partial charge on any atom is 0.308 e. The smallest absolute Gasteiger partial charge is 0.308 e. The Morgan fingerprint density at radius 2 is 2.06 bits per heavy atom. The second kappa shape index (κ2) is 3.82. The van der Waals surface area contributed by atoms with Crippen molar-refractivity contribution in [1.82, 2.24) is 0 Å². The molecule has 1 aromatic carbocycles. The van der Waals surface area contributed by atoms with Crippen LogP contribution in [0.15, 0.2) is 30.3 Å². The van der Waals surface area contributed by atoms with Gasteiger partial charge in [-0.2, -0.15) is 0 Å². The van der Waals surface area contributed by atoms with Crippen molar-refractivity contribution in [1.29, 1.82) is 0 Å². The predicted octanol–water partition coefficient (Wildman–Crippen LogP) is 1.54. The average molecular weight is 234 g/mol. The lowest BCUT2D eigenvalue weighted by Gasteiger charge is -2.22. The number of carbonyl (C=O) groups excluding carboxylic acids is 1. The minimum Gasteiger partial charge on any atom is -0.433 e. The number of esters is 1. The number of aliphatic hydroxyl groups is 1. The van der Waals surface area contributed by atoms with Crippen molar-refractivity contribution in [2.75, 3.05) is 0 Å². The van der Waals surface area contributed by atoms with Crippen LogP contribution in [0.2, 0.25) is 0 Å². The molecule has 0 unspecified atom stereocenters. The van der Waals surface area contributed by atoms with Crippen molar-refractivity contribution in [3.05, 3.63) is 35.9 Å². The SMILES string of the molecule is O=C1CC[C@]2(C[C@H](O)[C@@H](c3ccccc3)O2)O1. The lowest BCUT2D eigenvalue weighted by molar-refractivity contribution is -0.205. The maximum atomic E-state index is 11.2. The van der Waals surface area contributed by atoms with Crippen molar-refractivity contribution in [2.45, 2.75) is 37.3 Å². The third kappa shape index (κ3) is 1.83. The molecule has 2 heterocycles. The van der Waals surface area contributed by atoms with Crippen molar-refractivity contribution in [2.24, 2.45) is 0 Å². The van der Waals surface area contributed by atoms with Crippen molar-refractivity contribution in [3.8, 4) is 0 Å². The topological polar surface area (TPSA) is 55.8 Å². The van der Waals surface area contributed by atoms with Crippen molar-refractivity contribution < 1.29 is 19.4 Å². The lowest BCUT2D eigenvalue weighted by atomic mass is 10.0. The highest BCUT2D eigenvalue weighted by Crippen LogP contribution is 2.45. The van der Waals surface area contributed by atoms with Gasteiger partial charge in [0.25, 0.3) is 0 Å². The highest BCUT2D eigenvalue weighted by molar-refractivity contribution is 5.72. The van der Waals surface area contributed by atoms with Crippen LogP contribution in [0.25, 0.3) is 0 Å². The van der Waals surface area contributed by atoms with E-state index < -0.39 is 18.0 Å². The van der Waals surface area contributed by atoms with Gasteiger partial charge in [-0.3, -0.25) is 4.79 Å². The van der Waals surface area contributed by atoms with Gasteiger partial charge in [0, 0.05) is 12.8 Å². The maximum absolute atomic E-state index is 11.2. The summed E-state index contributed by atoms with van der Waals surface area (Å²) in [4.78, 5) is 11.2. The Kier molecular flexibility index (Phi) is 2.42. The number of benzene rings is 1. The van der Waals surface area contributed by atoms with Gasteiger partial charge in [0.1, 0.15) is 6.10 Å². The van der Waals surface area contributed by atoms with Crippen molar-refractivity contribution >= 4 is 5.97 Å². The molecule has 4 nitrogen and oxygen atoms in total. The van der Waals surface area contributed by atoms with Gasteiger partial charge < -0.3 is 14.6 Å². The van der Waals surface area contributed by atoms with Gasteiger partial charge >= 0.3 is 5.97 Å². The highest BCUT2D eigenvalue weighted by Gasteiger charge is 2.52. The van der Waals surface area contributed by atoms with E-state index in [4.69, 9.17) is 9.47 Å². The molecule has 0 aromatic heterocycles. The molecule has 0 aliphatic carbocycles. The summed E-state index contributed by atoms with van der Waals surface area (Å²) < 4.78 is 11.0. The molecule has 1 N–H and O–H groups in total. The molecule has 90 valence electrons. The monoisotopic (exact) mass is 234 g/mol. The van der Waals surface area contributed by atoms with Gasteiger partial charge in [0.15, 0.2) is 0 Å². The Balaban J connectivity index is 1.83. The normalized spacial score (nSPS) is 36.4. The Bertz CT molecular complexity index is 430. The molecular weight excluding hydrogens is 220 g/mol.